The third kappa shape index (κ3) is 2.58. The molecule has 0 aliphatic heterocycles. The van der Waals surface area contributed by atoms with Gasteiger partial charge >= 0.3 is 0 Å². The number of hydrogen-bond donors (Lipinski definition) is 2. The van der Waals surface area contributed by atoms with Crippen LogP contribution >= 0.6 is 0 Å². The van der Waals surface area contributed by atoms with Gasteiger partial charge in [0, 0.05) is 6.04 Å². The zero-order chi connectivity index (χ0) is 15.1. The Labute approximate surface area is 120 Å². The summed E-state index contributed by atoms with van der Waals surface area (Å²) in [6, 6.07) is 3.89. The maximum atomic E-state index is 9.79. The largest absolute Gasteiger partial charge is 0.394 e. The number of fused-ring (bicyclic) bond motifs is 1. The average molecular weight is 275 g/mol. The molecule has 0 amide bonds. The molecule has 3 N–H and O–H groups in total. The second-order valence-corrected chi connectivity index (χ2v) is 6.72. The number of aliphatic hydroxyl groups is 1. The summed E-state index contributed by atoms with van der Waals surface area (Å²) < 4.78 is 2.01. The maximum Gasteiger partial charge on any atom is 0.0962 e. The van der Waals surface area contributed by atoms with Crippen molar-refractivity contribution in [2.24, 2.45) is 11.1 Å². The van der Waals surface area contributed by atoms with Gasteiger partial charge in [0.05, 0.1) is 30.0 Å². The predicted octanol–water partition coefficient (Wildman–Crippen LogP) is 2.56. The normalized spacial score (nSPS) is 15.6. The van der Waals surface area contributed by atoms with Crippen molar-refractivity contribution in [1.82, 2.24) is 9.55 Å². The molecule has 4 nitrogen and oxygen atoms in total. The highest BCUT2D eigenvalue weighted by Gasteiger charge is 2.30. The summed E-state index contributed by atoms with van der Waals surface area (Å²) in [5.41, 5.74) is 10.7. The van der Waals surface area contributed by atoms with Gasteiger partial charge in [-0.2, -0.15) is 0 Å². The molecule has 2 unspecified atom stereocenters. The Bertz CT molecular complexity index is 610. The molecule has 1 heterocycles. The fourth-order valence-electron chi connectivity index (χ4n) is 2.50. The van der Waals surface area contributed by atoms with Crippen LogP contribution in [0.4, 0.5) is 0 Å². The van der Waals surface area contributed by atoms with E-state index < -0.39 is 0 Å². The number of nitrogens with zero attached hydrogens (tertiary/aromatic N) is 2. The second-order valence-electron chi connectivity index (χ2n) is 6.72. The third-order valence-electron chi connectivity index (χ3n) is 4.15. The summed E-state index contributed by atoms with van der Waals surface area (Å²) in [5.74, 6) is 0. The molecule has 0 fully saturated rings. The second kappa shape index (κ2) is 5.19. The minimum atomic E-state index is -0.165. The van der Waals surface area contributed by atoms with Crippen molar-refractivity contribution in [1.29, 1.82) is 0 Å². The lowest BCUT2D eigenvalue weighted by atomic mass is 9.83. The smallest absolute Gasteiger partial charge is 0.0962 e. The molecule has 2 rings (SSSR count). The van der Waals surface area contributed by atoms with E-state index in [-0.39, 0.29) is 24.1 Å². The van der Waals surface area contributed by atoms with Crippen LogP contribution in [0.5, 0.6) is 0 Å². The van der Waals surface area contributed by atoms with Gasteiger partial charge in [0.2, 0.25) is 0 Å². The van der Waals surface area contributed by atoms with Crippen LogP contribution in [-0.2, 0) is 0 Å². The summed E-state index contributed by atoms with van der Waals surface area (Å²) in [4.78, 5) is 4.45. The predicted molar refractivity (Wildman–Crippen MR) is 82.8 cm³/mol. The molecular weight excluding hydrogens is 250 g/mol. The Hall–Kier alpha value is -1.39. The van der Waals surface area contributed by atoms with Gasteiger partial charge in [-0.25, -0.2) is 4.98 Å². The van der Waals surface area contributed by atoms with E-state index in [2.05, 4.69) is 51.7 Å². The van der Waals surface area contributed by atoms with Crippen molar-refractivity contribution in [3.05, 3.63) is 29.6 Å². The van der Waals surface area contributed by atoms with E-state index in [1.54, 1.807) is 6.33 Å². The number of rotatable bonds is 3. The van der Waals surface area contributed by atoms with E-state index in [4.69, 9.17) is 5.73 Å². The van der Waals surface area contributed by atoms with Gasteiger partial charge in [0.15, 0.2) is 0 Å². The molecule has 110 valence electrons. The molecule has 0 aliphatic carbocycles. The summed E-state index contributed by atoms with van der Waals surface area (Å²) in [6.07, 6.45) is 1.79. The first-order chi connectivity index (χ1) is 9.25. The van der Waals surface area contributed by atoms with Crippen LogP contribution in [0, 0.1) is 19.3 Å². The highest BCUT2D eigenvalue weighted by Crippen LogP contribution is 2.29. The number of nitrogens with two attached hydrogens (primary N) is 1. The zero-order valence-electron chi connectivity index (χ0n) is 13.0. The van der Waals surface area contributed by atoms with Crippen molar-refractivity contribution in [3.63, 3.8) is 0 Å². The summed E-state index contributed by atoms with van der Waals surface area (Å²) in [7, 11) is 0. The first-order valence-corrected chi connectivity index (χ1v) is 7.06. The van der Waals surface area contributed by atoms with Crippen molar-refractivity contribution in [2.45, 2.75) is 46.7 Å². The number of aryl methyl sites for hydroxylation is 2. The molecule has 20 heavy (non-hydrogen) atoms. The highest BCUT2D eigenvalue weighted by molar-refractivity contribution is 5.77. The molecule has 0 spiro atoms. The van der Waals surface area contributed by atoms with Gasteiger partial charge in [-0.3, -0.25) is 0 Å². The van der Waals surface area contributed by atoms with E-state index >= 15 is 0 Å². The fraction of sp³-hybridized carbons (Fsp3) is 0.562. The molecule has 0 radical (unpaired) electrons. The van der Waals surface area contributed by atoms with Crippen LogP contribution in [0.2, 0.25) is 0 Å². The lowest BCUT2D eigenvalue weighted by Gasteiger charge is -2.34. The van der Waals surface area contributed by atoms with E-state index in [9.17, 15) is 5.11 Å². The third-order valence-corrected chi connectivity index (χ3v) is 4.15. The monoisotopic (exact) mass is 275 g/mol. The van der Waals surface area contributed by atoms with E-state index in [1.807, 2.05) is 4.57 Å². The lowest BCUT2D eigenvalue weighted by Crippen LogP contribution is -2.44. The van der Waals surface area contributed by atoms with Gasteiger partial charge in [-0.1, -0.05) is 20.8 Å². The molecular formula is C16H25N3O. The Balaban J connectivity index is 2.53. The van der Waals surface area contributed by atoms with Crippen LogP contribution in [0.1, 0.15) is 37.9 Å². The Morgan fingerprint density at radius 3 is 2.40 bits per heavy atom. The van der Waals surface area contributed by atoms with Gasteiger partial charge in [0.1, 0.15) is 0 Å². The van der Waals surface area contributed by atoms with Crippen LogP contribution in [-0.4, -0.2) is 27.3 Å². The van der Waals surface area contributed by atoms with Crippen LogP contribution < -0.4 is 5.73 Å². The SMILES string of the molecule is Cc1cc2ncn(C(CO)C(N)C(C)(C)C)c2cc1C. The molecule has 0 saturated carbocycles. The van der Waals surface area contributed by atoms with Gasteiger partial charge in [-0.05, 0) is 42.5 Å². The van der Waals surface area contributed by atoms with E-state index in [1.165, 1.54) is 11.1 Å². The van der Waals surface area contributed by atoms with Gasteiger partial charge < -0.3 is 15.4 Å². The molecule has 0 aliphatic rings. The zero-order valence-corrected chi connectivity index (χ0v) is 13.0. The minimum Gasteiger partial charge on any atom is -0.394 e. The van der Waals surface area contributed by atoms with Crippen LogP contribution in [0.3, 0.4) is 0 Å². The average Bonchev–Trinajstić information content (AvgIpc) is 2.73. The molecule has 1 aromatic heterocycles. The Morgan fingerprint density at radius 1 is 1.25 bits per heavy atom. The van der Waals surface area contributed by atoms with Crippen LogP contribution in [0.25, 0.3) is 11.0 Å². The molecule has 0 bridgehead atoms. The quantitative estimate of drug-likeness (QED) is 0.905. The highest BCUT2D eigenvalue weighted by atomic mass is 16.3. The number of imidazole rings is 1. The topological polar surface area (TPSA) is 64.1 Å². The molecule has 2 aromatic rings. The standard InChI is InChI=1S/C16H25N3O/c1-10-6-12-13(7-11(10)2)19(9-18-12)14(8-20)15(17)16(3,4)5/h6-7,9,14-15,20H,8,17H2,1-5H3. The van der Waals surface area contributed by atoms with Crippen molar-refractivity contribution < 1.29 is 5.11 Å². The molecule has 2 atom stereocenters. The van der Waals surface area contributed by atoms with Gasteiger partial charge in [0.25, 0.3) is 0 Å². The van der Waals surface area contributed by atoms with E-state index in [0.717, 1.165) is 11.0 Å². The number of hydrogen-bond acceptors (Lipinski definition) is 3. The number of benzene rings is 1. The maximum absolute atomic E-state index is 9.79. The summed E-state index contributed by atoms with van der Waals surface area (Å²) in [5, 5.41) is 9.79. The first kappa shape index (κ1) is 15.0. The lowest BCUT2D eigenvalue weighted by molar-refractivity contribution is 0.157. The van der Waals surface area contributed by atoms with Gasteiger partial charge in [-0.15, -0.1) is 0 Å². The van der Waals surface area contributed by atoms with Crippen molar-refractivity contribution in [2.75, 3.05) is 6.61 Å². The number of aliphatic hydroxyl groups excluding tert-OH is 1. The molecule has 0 saturated heterocycles. The fourth-order valence-corrected chi connectivity index (χ4v) is 2.50. The molecule has 1 aromatic carbocycles. The molecule has 4 heteroatoms. The summed E-state index contributed by atoms with van der Waals surface area (Å²) in [6.45, 7) is 10.5. The minimum absolute atomic E-state index is 0.0107. The first-order valence-electron chi connectivity index (χ1n) is 7.06. The number of aromatic nitrogens is 2. The Morgan fingerprint density at radius 2 is 1.85 bits per heavy atom. The summed E-state index contributed by atoms with van der Waals surface area (Å²) >= 11 is 0. The van der Waals surface area contributed by atoms with E-state index in [0.29, 0.717) is 0 Å². The van der Waals surface area contributed by atoms with Crippen molar-refractivity contribution in [3.8, 4) is 0 Å². The van der Waals surface area contributed by atoms with Crippen LogP contribution in [0.15, 0.2) is 18.5 Å². The Kier molecular flexibility index (Phi) is 3.89. The van der Waals surface area contributed by atoms with Crippen molar-refractivity contribution >= 4 is 11.0 Å².